The first kappa shape index (κ1) is 11.4. The molecule has 1 aromatic heterocycles. The maximum atomic E-state index is 8.83. The molecule has 80 valence electrons. The summed E-state index contributed by atoms with van der Waals surface area (Å²) < 4.78 is 0. The van der Waals surface area contributed by atoms with Gasteiger partial charge in [-0.15, -0.1) is 0 Å². The van der Waals surface area contributed by atoms with Gasteiger partial charge < -0.3 is 5.32 Å². The molecule has 0 fully saturated rings. The molecule has 1 aromatic rings. The predicted molar refractivity (Wildman–Crippen MR) is 59.3 cm³/mol. The lowest BCUT2D eigenvalue weighted by Crippen LogP contribution is -2.24. The second-order valence-electron chi connectivity index (χ2n) is 3.68. The van der Waals surface area contributed by atoms with E-state index in [4.69, 9.17) is 5.26 Å². The van der Waals surface area contributed by atoms with Crippen molar-refractivity contribution < 1.29 is 0 Å². The molecular formula is C11H16N4. The number of nitriles is 1. The third kappa shape index (κ3) is 2.91. The van der Waals surface area contributed by atoms with E-state index in [1.165, 1.54) is 6.20 Å². The molecule has 0 spiro atoms. The van der Waals surface area contributed by atoms with E-state index in [2.05, 4.69) is 36.1 Å². The molecule has 0 aliphatic rings. The maximum Gasteiger partial charge on any atom is 0.182 e. The van der Waals surface area contributed by atoms with E-state index >= 15 is 0 Å². The van der Waals surface area contributed by atoms with Gasteiger partial charge in [0.05, 0.1) is 0 Å². The lowest BCUT2D eigenvalue weighted by Gasteiger charge is -2.20. The Morgan fingerprint density at radius 3 is 2.67 bits per heavy atom. The van der Waals surface area contributed by atoms with Gasteiger partial charge in [0.15, 0.2) is 11.5 Å². The van der Waals surface area contributed by atoms with Crippen molar-refractivity contribution in [1.29, 1.82) is 5.26 Å². The van der Waals surface area contributed by atoms with E-state index in [9.17, 15) is 0 Å². The fourth-order valence-corrected chi connectivity index (χ4v) is 1.24. The molecule has 0 aliphatic carbocycles. The lowest BCUT2D eigenvalue weighted by atomic mass is 10.0. The zero-order valence-electron chi connectivity index (χ0n) is 9.36. The number of hydrogen-bond acceptors (Lipinski definition) is 4. The first-order chi connectivity index (χ1) is 7.19. The van der Waals surface area contributed by atoms with Crippen LogP contribution in [0.25, 0.3) is 0 Å². The van der Waals surface area contributed by atoms with Crippen LogP contribution in [0.4, 0.5) is 5.82 Å². The van der Waals surface area contributed by atoms with E-state index < -0.39 is 0 Å². The van der Waals surface area contributed by atoms with Crippen LogP contribution in [-0.4, -0.2) is 16.0 Å². The second kappa shape index (κ2) is 5.30. The van der Waals surface area contributed by atoms with E-state index in [1.54, 1.807) is 6.20 Å². The van der Waals surface area contributed by atoms with Crippen LogP contribution in [0.3, 0.4) is 0 Å². The summed E-state index contributed by atoms with van der Waals surface area (Å²) in [5, 5.41) is 12.1. The highest BCUT2D eigenvalue weighted by Gasteiger charge is 2.12. The van der Waals surface area contributed by atoms with Gasteiger partial charge in [-0.1, -0.05) is 20.3 Å². The Morgan fingerprint density at radius 1 is 1.40 bits per heavy atom. The SMILES string of the molecule is CC[C@H](C)[C@@H](C)Nc1nccnc1C#N. The Kier molecular flexibility index (Phi) is 4.04. The minimum absolute atomic E-state index is 0.291. The first-order valence-corrected chi connectivity index (χ1v) is 5.16. The molecule has 2 atom stereocenters. The highest BCUT2D eigenvalue weighted by molar-refractivity contribution is 5.47. The Labute approximate surface area is 90.4 Å². The van der Waals surface area contributed by atoms with Crippen LogP contribution in [0.5, 0.6) is 0 Å². The van der Waals surface area contributed by atoms with E-state index in [-0.39, 0.29) is 0 Å². The zero-order valence-corrected chi connectivity index (χ0v) is 9.36. The third-order valence-corrected chi connectivity index (χ3v) is 2.67. The Hall–Kier alpha value is -1.63. The fraction of sp³-hybridized carbons (Fsp3) is 0.545. The van der Waals surface area contributed by atoms with Gasteiger partial charge in [-0.3, -0.25) is 0 Å². The molecule has 0 unspecified atom stereocenters. The van der Waals surface area contributed by atoms with Crippen LogP contribution in [0.1, 0.15) is 32.9 Å². The third-order valence-electron chi connectivity index (χ3n) is 2.67. The van der Waals surface area contributed by atoms with Crippen LogP contribution in [0.2, 0.25) is 0 Å². The van der Waals surface area contributed by atoms with E-state index in [0.717, 1.165) is 6.42 Å². The normalized spacial score (nSPS) is 14.0. The van der Waals surface area contributed by atoms with Crippen molar-refractivity contribution in [2.24, 2.45) is 5.92 Å². The van der Waals surface area contributed by atoms with Gasteiger partial charge in [0.25, 0.3) is 0 Å². The average Bonchev–Trinajstić information content (AvgIpc) is 2.28. The van der Waals surface area contributed by atoms with Crippen LogP contribution in [-0.2, 0) is 0 Å². The Bertz CT molecular complexity index is 356. The summed E-state index contributed by atoms with van der Waals surface area (Å²) in [5.74, 6) is 1.12. The minimum Gasteiger partial charge on any atom is -0.365 e. The maximum absolute atomic E-state index is 8.83. The minimum atomic E-state index is 0.291. The number of hydrogen-bond donors (Lipinski definition) is 1. The van der Waals surface area contributed by atoms with E-state index in [0.29, 0.717) is 23.5 Å². The van der Waals surface area contributed by atoms with Crippen LogP contribution < -0.4 is 5.32 Å². The highest BCUT2D eigenvalue weighted by atomic mass is 15.0. The molecule has 1 N–H and O–H groups in total. The summed E-state index contributed by atoms with van der Waals surface area (Å²) in [6, 6.07) is 2.31. The van der Waals surface area contributed by atoms with Gasteiger partial charge >= 0.3 is 0 Å². The standard InChI is InChI=1S/C11H16N4/c1-4-8(2)9(3)15-11-10(7-12)13-5-6-14-11/h5-6,8-9H,4H2,1-3H3,(H,14,15)/t8-,9+/m0/s1. The zero-order chi connectivity index (χ0) is 11.3. The van der Waals surface area contributed by atoms with Gasteiger partial charge in [0, 0.05) is 18.4 Å². The van der Waals surface area contributed by atoms with Gasteiger partial charge in [0.1, 0.15) is 6.07 Å². The van der Waals surface area contributed by atoms with Gasteiger partial charge in [-0.25, -0.2) is 9.97 Å². The molecule has 0 aromatic carbocycles. The summed E-state index contributed by atoms with van der Waals surface area (Å²) in [5.41, 5.74) is 0.354. The van der Waals surface area contributed by atoms with Crippen LogP contribution >= 0.6 is 0 Å². The van der Waals surface area contributed by atoms with E-state index in [1.807, 2.05) is 6.07 Å². The van der Waals surface area contributed by atoms with Gasteiger partial charge in [-0.05, 0) is 12.8 Å². The first-order valence-electron chi connectivity index (χ1n) is 5.16. The quantitative estimate of drug-likeness (QED) is 0.816. The molecular weight excluding hydrogens is 188 g/mol. The largest absolute Gasteiger partial charge is 0.365 e. The number of anilines is 1. The lowest BCUT2D eigenvalue weighted by molar-refractivity contribution is 0.493. The second-order valence-corrected chi connectivity index (χ2v) is 3.68. The van der Waals surface area contributed by atoms with Gasteiger partial charge in [0.2, 0.25) is 0 Å². The molecule has 1 rings (SSSR count). The number of aromatic nitrogens is 2. The predicted octanol–water partition coefficient (Wildman–Crippen LogP) is 2.19. The molecule has 0 saturated carbocycles. The number of nitrogens with zero attached hydrogens (tertiary/aromatic N) is 3. The molecule has 0 amide bonds. The molecule has 15 heavy (non-hydrogen) atoms. The van der Waals surface area contributed by atoms with Gasteiger partial charge in [-0.2, -0.15) is 5.26 Å². The van der Waals surface area contributed by atoms with Crippen molar-refractivity contribution in [3.63, 3.8) is 0 Å². The molecule has 4 nitrogen and oxygen atoms in total. The fourth-order valence-electron chi connectivity index (χ4n) is 1.24. The Morgan fingerprint density at radius 2 is 2.07 bits per heavy atom. The molecule has 0 bridgehead atoms. The smallest absolute Gasteiger partial charge is 0.182 e. The van der Waals surface area contributed by atoms with Crippen molar-refractivity contribution in [3.8, 4) is 6.07 Å². The molecule has 0 radical (unpaired) electrons. The van der Waals surface area contributed by atoms with Crippen molar-refractivity contribution >= 4 is 5.82 Å². The average molecular weight is 204 g/mol. The molecule has 0 aliphatic heterocycles. The summed E-state index contributed by atoms with van der Waals surface area (Å²) in [7, 11) is 0. The molecule has 1 heterocycles. The highest BCUT2D eigenvalue weighted by Crippen LogP contribution is 2.14. The van der Waals surface area contributed by atoms with Crippen molar-refractivity contribution in [3.05, 3.63) is 18.1 Å². The van der Waals surface area contributed by atoms with Crippen LogP contribution in [0, 0.1) is 17.2 Å². The summed E-state index contributed by atoms with van der Waals surface area (Å²) in [6.07, 6.45) is 4.21. The van der Waals surface area contributed by atoms with Crippen molar-refractivity contribution in [1.82, 2.24) is 9.97 Å². The molecule has 4 heteroatoms. The summed E-state index contributed by atoms with van der Waals surface area (Å²) in [6.45, 7) is 6.40. The Balaban J connectivity index is 2.77. The molecule has 0 saturated heterocycles. The summed E-state index contributed by atoms with van der Waals surface area (Å²) >= 11 is 0. The van der Waals surface area contributed by atoms with Crippen molar-refractivity contribution in [2.75, 3.05) is 5.32 Å². The van der Waals surface area contributed by atoms with Crippen molar-refractivity contribution in [2.45, 2.75) is 33.2 Å². The number of nitrogens with one attached hydrogen (secondary N) is 1. The van der Waals surface area contributed by atoms with Crippen LogP contribution in [0.15, 0.2) is 12.4 Å². The summed E-state index contributed by atoms with van der Waals surface area (Å²) in [4.78, 5) is 8.06. The monoisotopic (exact) mass is 204 g/mol. The number of rotatable bonds is 4. The topological polar surface area (TPSA) is 61.6 Å².